The molecule has 0 aliphatic heterocycles. The van der Waals surface area contributed by atoms with Gasteiger partial charge in [-0.05, 0) is 19.3 Å². The number of hydrogen-bond donors (Lipinski definition) is 3. The van der Waals surface area contributed by atoms with Crippen LogP contribution in [0.2, 0.25) is 0 Å². The highest BCUT2D eigenvalue weighted by molar-refractivity contribution is 5.64. The Labute approximate surface area is 66.2 Å². The van der Waals surface area contributed by atoms with E-state index in [9.17, 15) is 4.79 Å². The Morgan fingerprint density at radius 1 is 1.55 bits per heavy atom. The fourth-order valence-corrected chi connectivity index (χ4v) is 0.948. The largest absolute Gasteiger partial charge is 0.465 e. The highest BCUT2D eigenvalue weighted by Crippen LogP contribution is 2.03. The number of rotatable bonds is 4. The van der Waals surface area contributed by atoms with E-state index >= 15 is 0 Å². The van der Waals surface area contributed by atoms with Gasteiger partial charge >= 0.3 is 6.09 Å². The van der Waals surface area contributed by atoms with E-state index in [4.69, 9.17) is 10.2 Å². The Kier molecular flexibility index (Phi) is 4.61. The molecule has 0 spiro atoms. The molecule has 0 heterocycles. The number of aliphatic hydroxyl groups excluding tert-OH is 1. The molecule has 0 saturated carbocycles. The molecule has 0 saturated heterocycles. The van der Waals surface area contributed by atoms with Crippen LogP contribution >= 0.6 is 0 Å². The zero-order valence-corrected chi connectivity index (χ0v) is 6.87. The standard InChI is InChI=1S/C7H15NO3/c1-5(4-9)3-6(2)8-7(10)11/h5-6,8-9H,3-4H2,1-2H3,(H,10,11). The van der Waals surface area contributed by atoms with Crippen LogP contribution < -0.4 is 5.32 Å². The second-order valence-electron chi connectivity index (χ2n) is 2.87. The van der Waals surface area contributed by atoms with Crippen LogP contribution in [0, 0.1) is 5.92 Å². The lowest BCUT2D eigenvalue weighted by molar-refractivity contribution is 0.183. The average molecular weight is 161 g/mol. The number of carboxylic acid groups (broad SMARTS) is 1. The van der Waals surface area contributed by atoms with Gasteiger partial charge in [0, 0.05) is 12.6 Å². The van der Waals surface area contributed by atoms with Crippen molar-refractivity contribution in [3.05, 3.63) is 0 Å². The summed E-state index contributed by atoms with van der Waals surface area (Å²) in [6.45, 7) is 3.76. The maximum Gasteiger partial charge on any atom is 0.404 e. The van der Waals surface area contributed by atoms with E-state index in [1.165, 1.54) is 0 Å². The highest BCUT2D eigenvalue weighted by atomic mass is 16.4. The quantitative estimate of drug-likeness (QED) is 0.567. The van der Waals surface area contributed by atoms with Gasteiger partial charge in [-0.2, -0.15) is 0 Å². The summed E-state index contributed by atoms with van der Waals surface area (Å²) in [6.07, 6.45) is -0.342. The third-order valence-electron chi connectivity index (χ3n) is 1.44. The van der Waals surface area contributed by atoms with Crippen molar-refractivity contribution < 1.29 is 15.0 Å². The van der Waals surface area contributed by atoms with E-state index < -0.39 is 6.09 Å². The van der Waals surface area contributed by atoms with E-state index in [-0.39, 0.29) is 18.6 Å². The lowest BCUT2D eigenvalue weighted by atomic mass is 10.0. The minimum absolute atomic E-state index is 0.0883. The molecule has 0 rings (SSSR count). The van der Waals surface area contributed by atoms with Crippen molar-refractivity contribution in [3.8, 4) is 0 Å². The molecule has 0 bridgehead atoms. The van der Waals surface area contributed by atoms with Crippen molar-refractivity contribution in [2.45, 2.75) is 26.3 Å². The Balaban J connectivity index is 3.51. The molecular weight excluding hydrogens is 146 g/mol. The van der Waals surface area contributed by atoms with Crippen LogP contribution in [0.4, 0.5) is 4.79 Å². The fraction of sp³-hybridized carbons (Fsp3) is 0.857. The lowest BCUT2D eigenvalue weighted by Crippen LogP contribution is -2.32. The van der Waals surface area contributed by atoms with Gasteiger partial charge in [-0.25, -0.2) is 4.79 Å². The SMILES string of the molecule is CC(CO)CC(C)NC(=O)O. The first kappa shape index (κ1) is 10.2. The summed E-state index contributed by atoms with van der Waals surface area (Å²) in [4.78, 5) is 10.1. The van der Waals surface area contributed by atoms with Crippen molar-refractivity contribution in [3.63, 3.8) is 0 Å². The fourth-order valence-electron chi connectivity index (χ4n) is 0.948. The zero-order chi connectivity index (χ0) is 8.85. The van der Waals surface area contributed by atoms with Gasteiger partial charge in [-0.1, -0.05) is 6.92 Å². The Bertz CT molecular complexity index is 127. The van der Waals surface area contributed by atoms with Crippen LogP contribution in [0.25, 0.3) is 0 Å². The maximum absolute atomic E-state index is 10.1. The van der Waals surface area contributed by atoms with Gasteiger partial charge in [0.2, 0.25) is 0 Å². The van der Waals surface area contributed by atoms with Gasteiger partial charge < -0.3 is 15.5 Å². The second-order valence-corrected chi connectivity index (χ2v) is 2.87. The van der Waals surface area contributed by atoms with E-state index in [1.807, 2.05) is 6.92 Å². The van der Waals surface area contributed by atoms with E-state index in [1.54, 1.807) is 6.92 Å². The maximum atomic E-state index is 10.1. The number of amides is 1. The first-order chi connectivity index (χ1) is 5.06. The number of aliphatic hydroxyl groups is 1. The van der Waals surface area contributed by atoms with Crippen LogP contribution in [0.15, 0.2) is 0 Å². The molecule has 0 fully saturated rings. The molecule has 0 aromatic heterocycles. The molecule has 4 nitrogen and oxygen atoms in total. The molecule has 0 aromatic rings. The minimum Gasteiger partial charge on any atom is -0.465 e. The van der Waals surface area contributed by atoms with Gasteiger partial charge in [-0.15, -0.1) is 0 Å². The number of carbonyl (C=O) groups is 1. The smallest absolute Gasteiger partial charge is 0.404 e. The zero-order valence-electron chi connectivity index (χ0n) is 6.87. The molecule has 2 unspecified atom stereocenters. The van der Waals surface area contributed by atoms with Crippen molar-refractivity contribution in [1.82, 2.24) is 5.32 Å². The van der Waals surface area contributed by atoms with Crippen molar-refractivity contribution in [2.24, 2.45) is 5.92 Å². The third-order valence-corrected chi connectivity index (χ3v) is 1.44. The predicted octanol–water partition coefficient (Wildman–Crippen LogP) is 0.661. The lowest BCUT2D eigenvalue weighted by Gasteiger charge is -2.14. The molecule has 3 N–H and O–H groups in total. The van der Waals surface area contributed by atoms with Crippen LogP contribution in [0.5, 0.6) is 0 Å². The van der Waals surface area contributed by atoms with E-state index in [2.05, 4.69) is 5.32 Å². The van der Waals surface area contributed by atoms with Crippen LogP contribution in [-0.4, -0.2) is 29.0 Å². The molecule has 0 radical (unpaired) electrons. The van der Waals surface area contributed by atoms with Crippen LogP contribution in [0.1, 0.15) is 20.3 Å². The summed E-state index contributed by atoms with van der Waals surface area (Å²) >= 11 is 0. The first-order valence-electron chi connectivity index (χ1n) is 3.66. The average Bonchev–Trinajstić information content (AvgIpc) is 1.85. The van der Waals surface area contributed by atoms with Crippen LogP contribution in [-0.2, 0) is 0 Å². The van der Waals surface area contributed by atoms with Gasteiger partial charge in [0.1, 0.15) is 0 Å². The second kappa shape index (κ2) is 4.96. The van der Waals surface area contributed by atoms with Gasteiger partial charge in [0.05, 0.1) is 0 Å². The predicted molar refractivity (Wildman–Crippen MR) is 41.5 cm³/mol. The summed E-state index contributed by atoms with van der Waals surface area (Å²) in [6, 6.07) is -0.0883. The topological polar surface area (TPSA) is 69.6 Å². The molecule has 2 atom stereocenters. The molecular formula is C7H15NO3. The minimum atomic E-state index is -1.01. The monoisotopic (exact) mass is 161 g/mol. The Morgan fingerprint density at radius 3 is 2.45 bits per heavy atom. The van der Waals surface area contributed by atoms with Gasteiger partial charge in [0.25, 0.3) is 0 Å². The summed E-state index contributed by atoms with van der Waals surface area (Å²) in [5.74, 6) is 0.150. The number of nitrogens with one attached hydrogen (secondary N) is 1. The van der Waals surface area contributed by atoms with Crippen molar-refractivity contribution in [2.75, 3.05) is 6.61 Å². The summed E-state index contributed by atoms with van der Waals surface area (Å²) in [5, 5.41) is 19.3. The Morgan fingerprint density at radius 2 is 2.09 bits per heavy atom. The highest BCUT2D eigenvalue weighted by Gasteiger charge is 2.08. The summed E-state index contributed by atoms with van der Waals surface area (Å²) in [5.41, 5.74) is 0. The molecule has 11 heavy (non-hydrogen) atoms. The summed E-state index contributed by atoms with van der Waals surface area (Å²) < 4.78 is 0. The van der Waals surface area contributed by atoms with Crippen molar-refractivity contribution >= 4 is 6.09 Å². The van der Waals surface area contributed by atoms with Crippen LogP contribution in [0.3, 0.4) is 0 Å². The Hall–Kier alpha value is -0.770. The molecule has 1 amide bonds. The third kappa shape index (κ3) is 5.66. The molecule has 0 aromatic carbocycles. The summed E-state index contributed by atoms with van der Waals surface area (Å²) in [7, 11) is 0. The molecule has 0 aliphatic rings. The van der Waals surface area contributed by atoms with E-state index in [0.717, 1.165) is 0 Å². The number of hydrogen-bond acceptors (Lipinski definition) is 2. The normalized spacial score (nSPS) is 15.5. The molecule has 0 aliphatic carbocycles. The van der Waals surface area contributed by atoms with E-state index in [0.29, 0.717) is 6.42 Å². The molecule has 66 valence electrons. The molecule has 4 heteroatoms. The first-order valence-corrected chi connectivity index (χ1v) is 3.66. The van der Waals surface area contributed by atoms with Gasteiger partial charge in [0.15, 0.2) is 0 Å². The van der Waals surface area contributed by atoms with Crippen molar-refractivity contribution in [1.29, 1.82) is 0 Å². The van der Waals surface area contributed by atoms with Gasteiger partial charge in [-0.3, -0.25) is 0 Å².